The number of fused-ring (bicyclic) bond motifs is 1. The molecule has 0 saturated heterocycles. The number of aromatic amines is 1. The van der Waals surface area contributed by atoms with E-state index >= 15 is 0 Å². The standard InChI is InChI=1S/C20H23N5O4/c1-29-10-11-5-7-13(8-6-11)25-19-16(23-20(25)28)15(17(21)27)22-18(24-19)12-3-2-4-14(26)9-12/h2-4,9,11,13,26H,5-8,10H2,1H3,(H2,21,27)(H,23,28)/t11-,13+. The molecular weight excluding hydrogens is 374 g/mol. The van der Waals surface area contributed by atoms with Crippen molar-refractivity contribution < 1.29 is 14.6 Å². The molecule has 0 aliphatic heterocycles. The zero-order valence-corrected chi connectivity index (χ0v) is 16.1. The molecule has 2 heterocycles. The lowest BCUT2D eigenvalue weighted by atomic mass is 9.86. The highest BCUT2D eigenvalue weighted by Gasteiger charge is 2.27. The second-order valence-corrected chi connectivity index (χ2v) is 7.44. The van der Waals surface area contributed by atoms with Gasteiger partial charge in [0.15, 0.2) is 17.2 Å². The summed E-state index contributed by atoms with van der Waals surface area (Å²) in [5.41, 5.74) is 6.27. The van der Waals surface area contributed by atoms with Crippen LogP contribution in [0.15, 0.2) is 29.1 Å². The first kappa shape index (κ1) is 19.1. The number of benzene rings is 1. The van der Waals surface area contributed by atoms with Crippen LogP contribution in [0.2, 0.25) is 0 Å². The molecule has 0 radical (unpaired) electrons. The Balaban J connectivity index is 1.83. The highest BCUT2D eigenvalue weighted by Crippen LogP contribution is 2.33. The number of amides is 1. The molecule has 1 aliphatic carbocycles. The molecule has 1 saturated carbocycles. The van der Waals surface area contributed by atoms with E-state index in [0.29, 0.717) is 23.7 Å². The molecular formula is C20H23N5O4. The topological polar surface area (TPSA) is 136 Å². The molecule has 1 aromatic carbocycles. The molecule has 0 unspecified atom stereocenters. The van der Waals surface area contributed by atoms with Crippen LogP contribution in [-0.4, -0.2) is 44.2 Å². The number of nitrogens with one attached hydrogen (secondary N) is 1. The maximum Gasteiger partial charge on any atom is 0.327 e. The minimum atomic E-state index is -0.754. The second-order valence-electron chi connectivity index (χ2n) is 7.44. The highest BCUT2D eigenvalue weighted by atomic mass is 16.5. The maximum absolute atomic E-state index is 12.7. The fraction of sp³-hybridized carbons (Fsp3) is 0.400. The lowest BCUT2D eigenvalue weighted by molar-refractivity contribution is 0.0997. The van der Waals surface area contributed by atoms with Crippen molar-refractivity contribution in [1.29, 1.82) is 0 Å². The Morgan fingerprint density at radius 2 is 2.07 bits per heavy atom. The summed E-state index contributed by atoms with van der Waals surface area (Å²) < 4.78 is 6.86. The fourth-order valence-electron chi connectivity index (χ4n) is 4.10. The Hall–Kier alpha value is -3.20. The maximum atomic E-state index is 12.7. The number of nitrogens with zero attached hydrogens (tertiary/aromatic N) is 3. The van der Waals surface area contributed by atoms with Gasteiger partial charge in [-0.25, -0.2) is 14.8 Å². The summed E-state index contributed by atoms with van der Waals surface area (Å²) in [6, 6.07) is 6.37. The third-order valence-electron chi connectivity index (χ3n) is 5.49. The van der Waals surface area contributed by atoms with Crippen molar-refractivity contribution in [2.75, 3.05) is 13.7 Å². The number of imidazole rings is 1. The Labute approximate surface area is 166 Å². The Bertz CT molecular complexity index is 1110. The van der Waals surface area contributed by atoms with Gasteiger partial charge in [-0.05, 0) is 43.7 Å². The van der Waals surface area contributed by atoms with Crippen molar-refractivity contribution in [2.45, 2.75) is 31.7 Å². The van der Waals surface area contributed by atoms with E-state index in [2.05, 4.69) is 15.0 Å². The summed E-state index contributed by atoms with van der Waals surface area (Å²) in [4.78, 5) is 36.3. The number of phenolic OH excluding ortho intramolecular Hbond substituents is 1. The fourth-order valence-corrected chi connectivity index (χ4v) is 4.10. The van der Waals surface area contributed by atoms with Gasteiger partial charge < -0.3 is 20.6 Å². The minimum Gasteiger partial charge on any atom is -0.508 e. The number of methoxy groups -OCH3 is 1. The smallest absolute Gasteiger partial charge is 0.327 e. The summed E-state index contributed by atoms with van der Waals surface area (Å²) in [7, 11) is 1.70. The Morgan fingerprint density at radius 3 is 2.72 bits per heavy atom. The molecule has 152 valence electrons. The molecule has 4 rings (SSSR count). The SMILES string of the molecule is COC[C@H]1CC[C@@H](n2c(=O)[nH]c3c(C(N)=O)nc(-c4cccc(O)c4)nc32)CC1. The molecule has 4 N–H and O–H groups in total. The van der Waals surface area contributed by atoms with Gasteiger partial charge in [0.05, 0.1) is 0 Å². The number of nitrogens with two attached hydrogens (primary N) is 1. The van der Waals surface area contributed by atoms with Crippen LogP contribution in [0.5, 0.6) is 5.75 Å². The number of H-pyrrole nitrogens is 1. The minimum absolute atomic E-state index is 0.0305. The molecule has 0 spiro atoms. The number of ether oxygens (including phenoxy) is 1. The van der Waals surface area contributed by atoms with Crippen molar-refractivity contribution in [1.82, 2.24) is 19.5 Å². The van der Waals surface area contributed by atoms with Gasteiger partial charge in [0.25, 0.3) is 5.91 Å². The van der Waals surface area contributed by atoms with Crippen LogP contribution in [0.3, 0.4) is 0 Å². The van der Waals surface area contributed by atoms with E-state index in [0.717, 1.165) is 25.7 Å². The van der Waals surface area contributed by atoms with Crippen LogP contribution in [-0.2, 0) is 4.74 Å². The quantitative estimate of drug-likeness (QED) is 0.602. The summed E-state index contributed by atoms with van der Waals surface area (Å²) in [6.07, 6.45) is 3.53. The summed E-state index contributed by atoms with van der Waals surface area (Å²) in [5, 5.41) is 9.78. The molecule has 2 aromatic heterocycles. The number of carbonyl (C=O) groups is 1. The van der Waals surface area contributed by atoms with E-state index in [1.54, 1.807) is 23.8 Å². The third-order valence-corrected chi connectivity index (χ3v) is 5.49. The zero-order valence-electron chi connectivity index (χ0n) is 16.1. The first-order valence-corrected chi connectivity index (χ1v) is 9.58. The van der Waals surface area contributed by atoms with E-state index in [1.807, 2.05) is 0 Å². The molecule has 29 heavy (non-hydrogen) atoms. The van der Waals surface area contributed by atoms with Gasteiger partial charge in [0.1, 0.15) is 11.3 Å². The van der Waals surface area contributed by atoms with Crippen LogP contribution in [0.25, 0.3) is 22.6 Å². The number of carbonyl (C=O) groups excluding carboxylic acids is 1. The average molecular weight is 397 g/mol. The number of phenols is 1. The van der Waals surface area contributed by atoms with Gasteiger partial charge in [0, 0.05) is 25.3 Å². The normalized spacial score (nSPS) is 19.5. The Kier molecular flexibility index (Phi) is 5.06. The second kappa shape index (κ2) is 7.67. The molecule has 9 heteroatoms. The summed E-state index contributed by atoms with van der Waals surface area (Å²) >= 11 is 0. The van der Waals surface area contributed by atoms with Crippen LogP contribution in [0.4, 0.5) is 0 Å². The molecule has 1 aliphatic rings. The summed E-state index contributed by atoms with van der Waals surface area (Å²) in [6.45, 7) is 0.713. The zero-order chi connectivity index (χ0) is 20.5. The van der Waals surface area contributed by atoms with Crippen LogP contribution in [0, 0.1) is 5.92 Å². The first-order chi connectivity index (χ1) is 14.0. The lowest BCUT2D eigenvalue weighted by Gasteiger charge is -2.28. The first-order valence-electron chi connectivity index (χ1n) is 9.58. The van der Waals surface area contributed by atoms with Gasteiger partial charge in [-0.1, -0.05) is 12.1 Å². The van der Waals surface area contributed by atoms with E-state index in [-0.39, 0.29) is 34.5 Å². The molecule has 0 atom stereocenters. The van der Waals surface area contributed by atoms with E-state index in [9.17, 15) is 14.7 Å². The van der Waals surface area contributed by atoms with Gasteiger partial charge in [-0.15, -0.1) is 0 Å². The van der Waals surface area contributed by atoms with Crippen molar-refractivity contribution in [3.8, 4) is 17.1 Å². The predicted octanol–water partition coefficient (Wildman–Crippen LogP) is 1.97. The van der Waals surface area contributed by atoms with E-state index in [4.69, 9.17) is 10.5 Å². The van der Waals surface area contributed by atoms with Crippen LogP contribution < -0.4 is 11.4 Å². The van der Waals surface area contributed by atoms with Crippen LogP contribution in [0.1, 0.15) is 42.2 Å². The number of hydrogen-bond donors (Lipinski definition) is 3. The van der Waals surface area contributed by atoms with Gasteiger partial charge in [-0.3, -0.25) is 9.36 Å². The van der Waals surface area contributed by atoms with E-state index < -0.39 is 5.91 Å². The number of primary amides is 1. The molecule has 9 nitrogen and oxygen atoms in total. The largest absolute Gasteiger partial charge is 0.508 e. The van der Waals surface area contributed by atoms with Crippen LogP contribution >= 0.6 is 0 Å². The number of aromatic nitrogens is 4. The molecule has 3 aromatic rings. The predicted molar refractivity (Wildman–Crippen MR) is 107 cm³/mol. The summed E-state index contributed by atoms with van der Waals surface area (Å²) in [5.74, 6) is 0.00425. The van der Waals surface area contributed by atoms with Crippen molar-refractivity contribution >= 4 is 17.1 Å². The van der Waals surface area contributed by atoms with Crippen molar-refractivity contribution in [2.24, 2.45) is 11.7 Å². The Morgan fingerprint density at radius 1 is 1.31 bits per heavy atom. The van der Waals surface area contributed by atoms with Crippen molar-refractivity contribution in [3.63, 3.8) is 0 Å². The highest BCUT2D eigenvalue weighted by molar-refractivity contribution is 6.01. The number of aromatic hydroxyl groups is 1. The monoisotopic (exact) mass is 397 g/mol. The number of hydrogen-bond acceptors (Lipinski definition) is 6. The van der Waals surface area contributed by atoms with Gasteiger partial charge in [-0.2, -0.15) is 0 Å². The van der Waals surface area contributed by atoms with E-state index in [1.165, 1.54) is 12.1 Å². The lowest BCUT2D eigenvalue weighted by Crippen LogP contribution is -2.27. The van der Waals surface area contributed by atoms with Crippen molar-refractivity contribution in [3.05, 3.63) is 40.4 Å². The van der Waals surface area contributed by atoms with Gasteiger partial charge >= 0.3 is 5.69 Å². The van der Waals surface area contributed by atoms with Gasteiger partial charge in [0.2, 0.25) is 0 Å². The molecule has 1 fully saturated rings. The average Bonchev–Trinajstić information content (AvgIpc) is 3.03. The number of rotatable bonds is 5. The molecule has 0 bridgehead atoms. The molecule has 1 amide bonds. The third kappa shape index (κ3) is 3.61.